The van der Waals surface area contributed by atoms with Crippen LogP contribution in [0.1, 0.15) is 23.7 Å². The van der Waals surface area contributed by atoms with E-state index in [1.165, 1.54) is 12.1 Å². The van der Waals surface area contributed by atoms with E-state index in [1.54, 1.807) is 23.5 Å². The molecule has 1 atom stereocenters. The Balaban J connectivity index is 1.79. The van der Waals surface area contributed by atoms with Gasteiger partial charge >= 0.3 is 0 Å². The molecule has 1 unspecified atom stereocenters. The minimum absolute atomic E-state index is 0.0570. The minimum atomic E-state index is -0.225. The molecule has 0 aliphatic heterocycles. The SMILES string of the molecule is CN(CCC(N)c1ccc(F)cc1)Cc1cscn1. The van der Waals surface area contributed by atoms with Crippen LogP contribution in [-0.4, -0.2) is 23.5 Å². The summed E-state index contributed by atoms with van der Waals surface area (Å²) in [4.78, 5) is 6.45. The molecule has 0 aliphatic rings. The molecule has 0 saturated heterocycles. The summed E-state index contributed by atoms with van der Waals surface area (Å²) in [6.45, 7) is 1.72. The Morgan fingerprint density at radius 3 is 2.74 bits per heavy atom. The highest BCUT2D eigenvalue weighted by Gasteiger charge is 2.08. The molecular weight excluding hydrogens is 261 g/mol. The van der Waals surface area contributed by atoms with E-state index in [2.05, 4.69) is 22.3 Å². The van der Waals surface area contributed by atoms with Gasteiger partial charge in [-0.05, 0) is 31.2 Å². The number of hydrogen-bond acceptors (Lipinski definition) is 4. The van der Waals surface area contributed by atoms with Crippen molar-refractivity contribution in [1.29, 1.82) is 0 Å². The number of benzene rings is 1. The first-order valence-corrected chi connectivity index (χ1v) is 7.16. The number of thiazole rings is 1. The molecule has 0 spiro atoms. The first-order chi connectivity index (χ1) is 9.15. The van der Waals surface area contributed by atoms with Crippen LogP contribution >= 0.6 is 11.3 Å². The summed E-state index contributed by atoms with van der Waals surface area (Å²) in [5, 5.41) is 2.05. The Bertz CT molecular complexity index is 484. The Morgan fingerprint density at radius 2 is 2.11 bits per heavy atom. The van der Waals surface area contributed by atoms with E-state index >= 15 is 0 Å². The Hall–Kier alpha value is -1.30. The van der Waals surface area contributed by atoms with Crippen molar-refractivity contribution >= 4 is 11.3 Å². The standard InChI is InChI=1S/C14H18FN3S/c1-18(8-13-9-19-10-17-13)7-6-14(16)11-2-4-12(15)5-3-11/h2-5,9-10,14H,6-8,16H2,1H3. The predicted octanol–water partition coefficient (Wildman–Crippen LogP) is 2.80. The highest BCUT2D eigenvalue weighted by Crippen LogP contribution is 2.15. The van der Waals surface area contributed by atoms with E-state index in [9.17, 15) is 4.39 Å². The second-order valence-corrected chi connectivity index (χ2v) is 5.38. The molecule has 3 nitrogen and oxygen atoms in total. The normalized spacial score (nSPS) is 12.8. The van der Waals surface area contributed by atoms with Gasteiger partial charge in [-0.25, -0.2) is 9.37 Å². The maximum atomic E-state index is 12.8. The van der Waals surface area contributed by atoms with Crippen molar-refractivity contribution in [3.8, 4) is 0 Å². The molecule has 19 heavy (non-hydrogen) atoms. The van der Waals surface area contributed by atoms with Crippen LogP contribution in [0.3, 0.4) is 0 Å². The average molecular weight is 279 g/mol. The minimum Gasteiger partial charge on any atom is -0.324 e. The van der Waals surface area contributed by atoms with Crippen molar-refractivity contribution in [2.75, 3.05) is 13.6 Å². The lowest BCUT2D eigenvalue weighted by Crippen LogP contribution is -2.23. The first kappa shape index (κ1) is 14.1. The second-order valence-electron chi connectivity index (χ2n) is 4.66. The summed E-state index contributed by atoms with van der Waals surface area (Å²) < 4.78 is 12.8. The lowest BCUT2D eigenvalue weighted by atomic mass is 10.0. The van der Waals surface area contributed by atoms with Crippen LogP contribution in [0.4, 0.5) is 4.39 Å². The predicted molar refractivity (Wildman–Crippen MR) is 76.4 cm³/mol. The highest BCUT2D eigenvalue weighted by molar-refractivity contribution is 7.07. The monoisotopic (exact) mass is 279 g/mol. The van der Waals surface area contributed by atoms with E-state index in [0.29, 0.717) is 0 Å². The third-order valence-electron chi connectivity index (χ3n) is 3.04. The van der Waals surface area contributed by atoms with Gasteiger partial charge in [-0.15, -0.1) is 11.3 Å². The number of halogens is 1. The van der Waals surface area contributed by atoms with E-state index in [4.69, 9.17) is 5.73 Å². The van der Waals surface area contributed by atoms with E-state index < -0.39 is 0 Å². The molecular formula is C14H18FN3S. The van der Waals surface area contributed by atoms with Gasteiger partial charge in [-0.2, -0.15) is 0 Å². The molecule has 1 heterocycles. The zero-order valence-electron chi connectivity index (χ0n) is 10.9. The number of rotatable bonds is 6. The van der Waals surface area contributed by atoms with Crippen LogP contribution in [0.15, 0.2) is 35.2 Å². The Morgan fingerprint density at radius 1 is 1.37 bits per heavy atom. The molecule has 0 aliphatic carbocycles. The lowest BCUT2D eigenvalue weighted by molar-refractivity contribution is 0.308. The molecule has 0 amide bonds. The van der Waals surface area contributed by atoms with Crippen LogP contribution in [0.2, 0.25) is 0 Å². The smallest absolute Gasteiger partial charge is 0.123 e. The molecule has 0 saturated carbocycles. The maximum absolute atomic E-state index is 12.8. The maximum Gasteiger partial charge on any atom is 0.123 e. The summed E-state index contributed by atoms with van der Waals surface area (Å²) in [7, 11) is 2.05. The lowest BCUT2D eigenvalue weighted by Gasteiger charge is -2.18. The van der Waals surface area contributed by atoms with Gasteiger partial charge in [-0.3, -0.25) is 0 Å². The Labute approximate surface area is 116 Å². The Kier molecular flexibility index (Phi) is 5.01. The molecule has 2 aromatic rings. The number of hydrogen-bond donors (Lipinski definition) is 1. The fourth-order valence-corrected chi connectivity index (χ4v) is 2.46. The quantitative estimate of drug-likeness (QED) is 0.884. The van der Waals surface area contributed by atoms with Crippen LogP contribution in [0.25, 0.3) is 0 Å². The van der Waals surface area contributed by atoms with Gasteiger partial charge in [0.1, 0.15) is 5.82 Å². The van der Waals surface area contributed by atoms with Crippen molar-refractivity contribution in [3.63, 3.8) is 0 Å². The molecule has 0 fully saturated rings. The zero-order chi connectivity index (χ0) is 13.7. The zero-order valence-corrected chi connectivity index (χ0v) is 11.7. The number of nitrogens with two attached hydrogens (primary N) is 1. The molecule has 0 bridgehead atoms. The van der Waals surface area contributed by atoms with Crippen molar-refractivity contribution < 1.29 is 4.39 Å². The number of nitrogens with zero attached hydrogens (tertiary/aromatic N) is 2. The average Bonchev–Trinajstić information content (AvgIpc) is 2.89. The van der Waals surface area contributed by atoms with Crippen LogP contribution in [0, 0.1) is 5.82 Å². The molecule has 5 heteroatoms. The largest absolute Gasteiger partial charge is 0.324 e. The summed E-state index contributed by atoms with van der Waals surface area (Å²) in [5.41, 5.74) is 10.0. The molecule has 2 N–H and O–H groups in total. The van der Waals surface area contributed by atoms with Gasteiger partial charge in [0.15, 0.2) is 0 Å². The molecule has 0 radical (unpaired) electrons. The van der Waals surface area contributed by atoms with Gasteiger partial charge in [0.25, 0.3) is 0 Å². The van der Waals surface area contributed by atoms with E-state index in [-0.39, 0.29) is 11.9 Å². The molecule has 2 rings (SSSR count). The fraction of sp³-hybridized carbons (Fsp3) is 0.357. The molecule has 1 aromatic carbocycles. The third-order valence-corrected chi connectivity index (χ3v) is 3.67. The topological polar surface area (TPSA) is 42.1 Å². The number of aromatic nitrogens is 1. The summed E-state index contributed by atoms with van der Waals surface area (Å²) in [6, 6.07) is 6.35. The first-order valence-electron chi connectivity index (χ1n) is 6.22. The summed E-state index contributed by atoms with van der Waals surface area (Å²) >= 11 is 1.61. The summed E-state index contributed by atoms with van der Waals surface area (Å²) in [5.74, 6) is -0.225. The fourth-order valence-electron chi connectivity index (χ4n) is 1.91. The van der Waals surface area contributed by atoms with Crippen LogP contribution < -0.4 is 5.73 Å². The van der Waals surface area contributed by atoms with Gasteiger partial charge < -0.3 is 10.6 Å². The van der Waals surface area contributed by atoms with Gasteiger partial charge in [-0.1, -0.05) is 12.1 Å². The van der Waals surface area contributed by atoms with Crippen molar-refractivity contribution in [1.82, 2.24) is 9.88 Å². The van der Waals surface area contributed by atoms with Crippen LogP contribution in [0.5, 0.6) is 0 Å². The van der Waals surface area contributed by atoms with Crippen molar-refractivity contribution in [2.24, 2.45) is 5.73 Å². The van der Waals surface area contributed by atoms with Gasteiger partial charge in [0, 0.05) is 24.5 Å². The molecule has 102 valence electrons. The van der Waals surface area contributed by atoms with Crippen molar-refractivity contribution in [2.45, 2.75) is 19.0 Å². The highest BCUT2D eigenvalue weighted by atomic mass is 32.1. The second kappa shape index (κ2) is 6.75. The van der Waals surface area contributed by atoms with Gasteiger partial charge in [0.05, 0.1) is 11.2 Å². The third kappa shape index (κ3) is 4.38. The van der Waals surface area contributed by atoms with Gasteiger partial charge in [0.2, 0.25) is 0 Å². The van der Waals surface area contributed by atoms with E-state index in [0.717, 1.165) is 30.8 Å². The molecule has 1 aromatic heterocycles. The summed E-state index contributed by atoms with van der Waals surface area (Å²) in [6.07, 6.45) is 0.840. The van der Waals surface area contributed by atoms with E-state index in [1.807, 2.05) is 5.51 Å². The van der Waals surface area contributed by atoms with Crippen molar-refractivity contribution in [3.05, 3.63) is 52.2 Å². The van der Waals surface area contributed by atoms with Crippen LogP contribution in [-0.2, 0) is 6.54 Å².